The van der Waals surface area contributed by atoms with Crippen LogP contribution in [0.1, 0.15) is 7.43 Å². The van der Waals surface area contributed by atoms with Crippen molar-refractivity contribution < 1.29 is 63.4 Å². The Morgan fingerprint density at radius 2 is 0.857 bits per heavy atom. The first kappa shape index (κ1) is 15.8. The van der Waals surface area contributed by atoms with Gasteiger partial charge in [0.05, 0.1) is 0 Å². The smallest absolute Gasteiger partial charge is 0.286 e. The van der Waals surface area contributed by atoms with Crippen LogP contribution in [-0.2, 0) is 0 Å². The van der Waals surface area contributed by atoms with Crippen molar-refractivity contribution in [1.29, 1.82) is 0 Å². The minimum absolute atomic E-state index is 0. The maximum absolute atomic E-state index is 8.62. The average molecular weight is 230 g/mol. The first-order valence-corrected chi connectivity index (χ1v) is 4.14. The van der Waals surface area contributed by atoms with Crippen molar-refractivity contribution in [3.8, 4) is 0 Å². The Morgan fingerprint density at radius 1 is 0.857 bits per heavy atom. The van der Waals surface area contributed by atoms with E-state index in [0.717, 1.165) is 0 Å². The molecule has 6 heteroatoms. The monoisotopic (exact) mass is 230 g/mol. The minimum Gasteiger partial charge on any atom is -0.286 e. The number of hydrogen-bond donors (Lipinski definition) is 0. The molecule has 0 saturated heterocycles. The van der Waals surface area contributed by atoms with Gasteiger partial charge in [-0.2, -0.15) is 0 Å². The van der Waals surface area contributed by atoms with E-state index in [1.165, 1.54) is 0 Å². The Morgan fingerprint density at radius 3 is 0.857 bits per heavy atom. The molecule has 0 fully saturated rings. The Labute approximate surface area is 70.2 Å². The van der Waals surface area contributed by atoms with Gasteiger partial charge in [-0.1, -0.05) is 7.43 Å². The SMILES string of the molecule is C.[Na+].[O-][I+3]([O-])([O-])[O-]. The number of hydrogen-bond acceptors (Lipinski definition) is 4. The molecule has 40 valence electrons. The van der Waals surface area contributed by atoms with E-state index in [4.69, 9.17) is 13.7 Å². The molecule has 4 nitrogen and oxygen atoms in total. The minimum atomic E-state index is -5.94. The molecular formula is CH4INaO4. The largest absolute Gasteiger partial charge is 1.00 e. The summed E-state index contributed by atoms with van der Waals surface area (Å²) in [5.41, 5.74) is 0. The first-order chi connectivity index (χ1) is 2.00. The second-order valence-electron chi connectivity index (χ2n) is 0.378. The van der Waals surface area contributed by atoms with E-state index in [0.29, 0.717) is 0 Å². The van der Waals surface area contributed by atoms with Crippen molar-refractivity contribution in [2.24, 2.45) is 0 Å². The zero-order chi connectivity index (χ0) is 4.50. The van der Waals surface area contributed by atoms with Crippen LogP contribution in [0.5, 0.6) is 0 Å². The van der Waals surface area contributed by atoms with Crippen molar-refractivity contribution in [2.45, 2.75) is 7.43 Å². The van der Waals surface area contributed by atoms with Crippen LogP contribution in [0.3, 0.4) is 0 Å². The Bertz CT molecular complexity index is 27.2. The molecule has 0 aliphatic rings. The Kier molecular flexibility index (Phi) is 12.9. The average Bonchev–Trinajstić information content (AvgIpc) is 0.722. The fourth-order valence-electron chi connectivity index (χ4n) is 0. The number of halogens is 1. The summed E-state index contributed by atoms with van der Waals surface area (Å²) >= 11 is -5.94. The van der Waals surface area contributed by atoms with Crippen LogP contribution < -0.4 is 63.4 Å². The molecule has 0 aromatic rings. The van der Waals surface area contributed by atoms with Gasteiger partial charge in [-0.15, -0.1) is 0 Å². The van der Waals surface area contributed by atoms with Crippen LogP contribution in [0, 0.1) is 0 Å². The molecular weight excluding hydrogens is 226 g/mol. The van der Waals surface area contributed by atoms with E-state index in [1.54, 1.807) is 0 Å². The predicted octanol–water partition coefficient (Wildman–Crippen LogP) is -10.1. The summed E-state index contributed by atoms with van der Waals surface area (Å²) < 4.78 is 34.5. The van der Waals surface area contributed by atoms with E-state index in [9.17, 15) is 0 Å². The molecule has 0 heterocycles. The zero-order valence-corrected chi connectivity index (χ0v) is 7.17. The van der Waals surface area contributed by atoms with Crippen molar-refractivity contribution in [1.82, 2.24) is 0 Å². The van der Waals surface area contributed by atoms with Gasteiger partial charge in [-0.25, -0.2) is 0 Å². The molecule has 7 heavy (non-hydrogen) atoms. The summed E-state index contributed by atoms with van der Waals surface area (Å²) in [6.45, 7) is 0. The molecule has 0 spiro atoms. The molecule has 0 unspecified atom stereocenters. The van der Waals surface area contributed by atoms with Crippen LogP contribution >= 0.6 is 0 Å². The first-order valence-electron chi connectivity index (χ1n) is 0.617. The second kappa shape index (κ2) is 5.70. The van der Waals surface area contributed by atoms with Crippen LogP contribution in [0.15, 0.2) is 0 Å². The van der Waals surface area contributed by atoms with E-state index in [2.05, 4.69) is 0 Å². The number of rotatable bonds is 0. The molecule has 0 amide bonds. The normalized spacial score (nSPS) is 8.57. The Balaban J connectivity index is -0.0000000800. The molecule has 0 aliphatic carbocycles. The summed E-state index contributed by atoms with van der Waals surface area (Å²) in [4.78, 5) is 0. The fourth-order valence-corrected chi connectivity index (χ4v) is 0. The fraction of sp³-hybridized carbons (Fsp3) is 1.00. The van der Waals surface area contributed by atoms with Gasteiger partial charge in [0.25, 0.3) is 0 Å². The molecule has 0 aromatic heterocycles. The van der Waals surface area contributed by atoms with Gasteiger partial charge in [0.1, 0.15) is 20.1 Å². The van der Waals surface area contributed by atoms with E-state index < -0.39 is 20.1 Å². The van der Waals surface area contributed by atoms with Crippen molar-refractivity contribution in [2.75, 3.05) is 0 Å². The van der Waals surface area contributed by atoms with E-state index in [-0.39, 0.29) is 37.0 Å². The van der Waals surface area contributed by atoms with Gasteiger partial charge >= 0.3 is 29.6 Å². The molecule has 0 N–H and O–H groups in total. The third-order valence-corrected chi connectivity index (χ3v) is 0. The molecule has 0 saturated carbocycles. The van der Waals surface area contributed by atoms with Gasteiger partial charge in [0.15, 0.2) is 0 Å². The third-order valence-electron chi connectivity index (χ3n) is 0. The quantitative estimate of drug-likeness (QED) is 0.305. The summed E-state index contributed by atoms with van der Waals surface area (Å²) in [7, 11) is 0. The van der Waals surface area contributed by atoms with Crippen molar-refractivity contribution in [3.05, 3.63) is 0 Å². The van der Waals surface area contributed by atoms with Crippen LogP contribution in [0.2, 0.25) is 0 Å². The third kappa shape index (κ3) is 95.3. The van der Waals surface area contributed by atoms with Crippen LogP contribution in [-0.4, -0.2) is 0 Å². The standard InChI is InChI=1S/CH4.IO4.Na/c;2-1(3,4)5;/h1H4;;/q;-1;+1. The van der Waals surface area contributed by atoms with Crippen molar-refractivity contribution >= 4 is 0 Å². The maximum atomic E-state index is 8.62. The summed E-state index contributed by atoms with van der Waals surface area (Å²) in [5.74, 6) is 0. The van der Waals surface area contributed by atoms with E-state index in [1.807, 2.05) is 0 Å². The van der Waals surface area contributed by atoms with Gasteiger partial charge < -0.3 is 0 Å². The molecule has 0 aliphatic heterocycles. The predicted molar refractivity (Wildman–Crippen MR) is 6.73 cm³/mol. The van der Waals surface area contributed by atoms with Crippen LogP contribution in [0.4, 0.5) is 0 Å². The summed E-state index contributed by atoms with van der Waals surface area (Å²) in [5, 5.41) is 0. The second-order valence-corrected chi connectivity index (χ2v) is 2.54. The molecule has 0 aromatic carbocycles. The topological polar surface area (TPSA) is 92.2 Å². The van der Waals surface area contributed by atoms with Crippen molar-refractivity contribution in [3.63, 3.8) is 0 Å². The van der Waals surface area contributed by atoms with Gasteiger partial charge in [-0.3, -0.25) is 13.7 Å². The Hall–Kier alpha value is 1.57. The van der Waals surface area contributed by atoms with Crippen LogP contribution in [0.25, 0.3) is 0 Å². The zero-order valence-electron chi connectivity index (χ0n) is 3.01. The molecule has 0 radical (unpaired) electrons. The van der Waals surface area contributed by atoms with Gasteiger partial charge in [0, 0.05) is 0 Å². The molecule has 0 rings (SSSR count). The van der Waals surface area contributed by atoms with Gasteiger partial charge in [-0.05, 0) is 0 Å². The van der Waals surface area contributed by atoms with E-state index >= 15 is 0 Å². The summed E-state index contributed by atoms with van der Waals surface area (Å²) in [6.07, 6.45) is 0. The molecule has 0 bridgehead atoms. The maximum Gasteiger partial charge on any atom is 1.00 e. The summed E-state index contributed by atoms with van der Waals surface area (Å²) in [6, 6.07) is 0. The molecule has 0 atom stereocenters. The van der Waals surface area contributed by atoms with Gasteiger partial charge in [0.2, 0.25) is 0 Å².